The molecule has 0 atom stereocenters. The van der Waals surface area contributed by atoms with Crippen molar-refractivity contribution in [1.82, 2.24) is 4.98 Å². The number of carboxylic acids is 1. The second-order valence-corrected chi connectivity index (χ2v) is 5.51. The predicted octanol–water partition coefficient (Wildman–Crippen LogP) is 1.86. The number of hydrogen-bond donors (Lipinski definition) is 2. The van der Waals surface area contributed by atoms with Crippen LogP contribution in [0.5, 0.6) is 0 Å². The molecule has 110 valence electrons. The van der Waals surface area contributed by atoms with E-state index in [4.69, 9.17) is 5.11 Å². The summed E-state index contributed by atoms with van der Waals surface area (Å²) in [6, 6.07) is 4.82. The maximum absolute atomic E-state index is 13.5. The molecule has 21 heavy (non-hydrogen) atoms. The average molecular weight is 314 g/mol. The zero-order valence-corrected chi connectivity index (χ0v) is 11.1. The van der Waals surface area contributed by atoms with E-state index in [0.717, 1.165) is 36.5 Å². The van der Waals surface area contributed by atoms with Crippen molar-refractivity contribution in [3.63, 3.8) is 0 Å². The highest BCUT2D eigenvalue weighted by atomic mass is 32.2. The predicted molar refractivity (Wildman–Crippen MR) is 68.4 cm³/mol. The first-order valence-corrected chi connectivity index (χ1v) is 6.96. The summed E-state index contributed by atoms with van der Waals surface area (Å²) in [5.41, 5.74) is -0.419. The topological polar surface area (TPSA) is 96.4 Å². The van der Waals surface area contributed by atoms with Gasteiger partial charge in [-0.3, -0.25) is 4.72 Å². The normalized spacial score (nSPS) is 11.1. The summed E-state index contributed by atoms with van der Waals surface area (Å²) < 4.78 is 52.7. The minimum atomic E-state index is -4.50. The highest BCUT2D eigenvalue weighted by molar-refractivity contribution is 7.92. The van der Waals surface area contributed by atoms with Gasteiger partial charge in [-0.2, -0.15) is 0 Å². The molecular weight excluding hydrogens is 306 g/mol. The molecular formula is C12H8F2N2O4S. The number of carboxylic acid groups (broad SMARTS) is 1. The Bertz CT molecular complexity index is 771. The van der Waals surface area contributed by atoms with Gasteiger partial charge in [-0.1, -0.05) is 6.07 Å². The highest BCUT2D eigenvalue weighted by Gasteiger charge is 2.24. The SMILES string of the molecule is O=C(O)c1ccc(NS(=O)(=O)c2c(F)cccc2F)cn1. The van der Waals surface area contributed by atoms with E-state index in [9.17, 15) is 22.0 Å². The third-order valence-corrected chi connectivity index (χ3v) is 3.85. The number of nitrogens with zero attached hydrogens (tertiary/aromatic N) is 1. The fourth-order valence-corrected chi connectivity index (χ4v) is 2.71. The second kappa shape index (κ2) is 5.44. The van der Waals surface area contributed by atoms with E-state index in [1.807, 2.05) is 4.72 Å². The third-order valence-electron chi connectivity index (χ3n) is 2.42. The van der Waals surface area contributed by atoms with E-state index in [0.29, 0.717) is 0 Å². The zero-order valence-electron chi connectivity index (χ0n) is 10.2. The Labute approximate surface area is 118 Å². The molecule has 0 saturated carbocycles. The molecule has 2 N–H and O–H groups in total. The molecule has 2 rings (SSSR count). The lowest BCUT2D eigenvalue weighted by molar-refractivity contribution is 0.0690. The molecule has 0 bridgehead atoms. The molecule has 0 amide bonds. The summed E-state index contributed by atoms with van der Waals surface area (Å²) in [6.45, 7) is 0. The maximum atomic E-state index is 13.5. The van der Waals surface area contributed by atoms with Crippen LogP contribution in [0.4, 0.5) is 14.5 Å². The summed E-state index contributed by atoms with van der Waals surface area (Å²) in [6.07, 6.45) is 0.930. The molecule has 1 aromatic carbocycles. The summed E-state index contributed by atoms with van der Waals surface area (Å²) in [4.78, 5) is 13.0. The molecule has 0 unspecified atom stereocenters. The van der Waals surface area contributed by atoms with Crippen LogP contribution in [-0.4, -0.2) is 24.5 Å². The van der Waals surface area contributed by atoms with Crippen molar-refractivity contribution in [2.24, 2.45) is 0 Å². The van der Waals surface area contributed by atoms with Crippen LogP contribution in [-0.2, 0) is 10.0 Å². The maximum Gasteiger partial charge on any atom is 0.354 e. The minimum Gasteiger partial charge on any atom is -0.477 e. The number of carbonyl (C=O) groups is 1. The number of aromatic nitrogens is 1. The van der Waals surface area contributed by atoms with E-state index >= 15 is 0 Å². The molecule has 0 spiro atoms. The molecule has 0 fully saturated rings. The quantitative estimate of drug-likeness (QED) is 0.898. The number of anilines is 1. The van der Waals surface area contributed by atoms with Gasteiger partial charge in [0, 0.05) is 0 Å². The Balaban J connectivity index is 2.35. The highest BCUT2D eigenvalue weighted by Crippen LogP contribution is 2.21. The number of halogens is 2. The minimum absolute atomic E-state index is 0.123. The number of sulfonamides is 1. The van der Waals surface area contributed by atoms with E-state index in [2.05, 4.69) is 4.98 Å². The van der Waals surface area contributed by atoms with Crippen LogP contribution < -0.4 is 4.72 Å². The summed E-state index contributed by atoms with van der Waals surface area (Å²) in [5, 5.41) is 8.66. The Morgan fingerprint density at radius 3 is 2.24 bits per heavy atom. The smallest absolute Gasteiger partial charge is 0.354 e. The molecule has 6 nitrogen and oxygen atoms in total. The first-order valence-electron chi connectivity index (χ1n) is 5.47. The number of hydrogen-bond acceptors (Lipinski definition) is 4. The second-order valence-electron chi connectivity index (χ2n) is 3.89. The molecule has 9 heteroatoms. The molecule has 2 aromatic rings. The lowest BCUT2D eigenvalue weighted by Gasteiger charge is -2.09. The van der Waals surface area contributed by atoms with Crippen LogP contribution in [0.1, 0.15) is 10.5 Å². The van der Waals surface area contributed by atoms with Crippen LogP contribution in [0.15, 0.2) is 41.4 Å². The van der Waals surface area contributed by atoms with Crippen LogP contribution in [0.3, 0.4) is 0 Å². The molecule has 0 aliphatic rings. The molecule has 1 aromatic heterocycles. The summed E-state index contributed by atoms with van der Waals surface area (Å²) in [7, 11) is -4.50. The molecule has 0 aliphatic heterocycles. The number of aromatic carboxylic acids is 1. The summed E-state index contributed by atoms with van der Waals surface area (Å²) in [5.74, 6) is -3.76. The van der Waals surface area contributed by atoms with E-state index in [1.165, 1.54) is 0 Å². The van der Waals surface area contributed by atoms with Crippen molar-refractivity contribution < 1.29 is 27.1 Å². The third kappa shape index (κ3) is 3.14. The monoisotopic (exact) mass is 314 g/mol. The van der Waals surface area contributed by atoms with Crippen molar-refractivity contribution in [2.45, 2.75) is 4.90 Å². The van der Waals surface area contributed by atoms with Crippen LogP contribution in [0.2, 0.25) is 0 Å². The largest absolute Gasteiger partial charge is 0.477 e. The van der Waals surface area contributed by atoms with Gasteiger partial charge in [0.05, 0.1) is 11.9 Å². The van der Waals surface area contributed by atoms with Crippen molar-refractivity contribution in [3.05, 3.63) is 53.9 Å². The van der Waals surface area contributed by atoms with Crippen LogP contribution >= 0.6 is 0 Å². The lowest BCUT2D eigenvalue weighted by Crippen LogP contribution is -2.16. The lowest BCUT2D eigenvalue weighted by atomic mass is 10.3. The zero-order chi connectivity index (χ0) is 15.6. The fraction of sp³-hybridized carbons (Fsp3) is 0. The van der Waals surface area contributed by atoms with Gasteiger partial charge in [0.15, 0.2) is 4.90 Å². The molecule has 1 heterocycles. The van der Waals surface area contributed by atoms with Gasteiger partial charge in [0.25, 0.3) is 10.0 Å². The van der Waals surface area contributed by atoms with E-state index < -0.39 is 32.5 Å². The van der Waals surface area contributed by atoms with Crippen molar-refractivity contribution in [1.29, 1.82) is 0 Å². The first-order chi connectivity index (χ1) is 9.81. The Hall–Kier alpha value is -2.55. The van der Waals surface area contributed by atoms with Gasteiger partial charge in [-0.25, -0.2) is 27.0 Å². The summed E-state index contributed by atoms with van der Waals surface area (Å²) >= 11 is 0. The van der Waals surface area contributed by atoms with Gasteiger partial charge in [-0.05, 0) is 24.3 Å². The van der Waals surface area contributed by atoms with E-state index in [1.54, 1.807) is 0 Å². The Kier molecular flexibility index (Phi) is 3.85. The van der Waals surface area contributed by atoms with Crippen molar-refractivity contribution in [3.8, 4) is 0 Å². The number of rotatable bonds is 4. The van der Waals surface area contributed by atoms with Gasteiger partial charge >= 0.3 is 5.97 Å². The van der Waals surface area contributed by atoms with Crippen molar-refractivity contribution in [2.75, 3.05) is 4.72 Å². The Morgan fingerprint density at radius 2 is 1.76 bits per heavy atom. The fourth-order valence-electron chi connectivity index (χ4n) is 1.53. The van der Waals surface area contributed by atoms with Crippen LogP contribution in [0.25, 0.3) is 0 Å². The number of nitrogens with one attached hydrogen (secondary N) is 1. The first kappa shape index (κ1) is 14.9. The Morgan fingerprint density at radius 1 is 1.14 bits per heavy atom. The number of benzene rings is 1. The van der Waals surface area contributed by atoms with Crippen LogP contribution in [0, 0.1) is 11.6 Å². The molecule has 0 aliphatic carbocycles. The average Bonchev–Trinajstić information content (AvgIpc) is 2.38. The molecule has 0 radical (unpaired) electrons. The van der Waals surface area contributed by atoms with Gasteiger partial charge in [-0.15, -0.1) is 0 Å². The number of pyridine rings is 1. The standard InChI is InChI=1S/C12H8F2N2O4S/c13-8-2-1-3-9(14)11(8)21(19,20)16-7-4-5-10(12(17)18)15-6-7/h1-6,16H,(H,17,18). The van der Waals surface area contributed by atoms with Gasteiger partial charge < -0.3 is 5.11 Å². The van der Waals surface area contributed by atoms with Gasteiger partial charge in [0.1, 0.15) is 17.3 Å². The van der Waals surface area contributed by atoms with E-state index in [-0.39, 0.29) is 11.4 Å². The molecule has 0 saturated heterocycles. The van der Waals surface area contributed by atoms with Gasteiger partial charge in [0.2, 0.25) is 0 Å². The van der Waals surface area contributed by atoms with Crippen molar-refractivity contribution >= 4 is 21.7 Å².